The molecule has 29 heavy (non-hydrogen) atoms. The van der Waals surface area contributed by atoms with Gasteiger partial charge in [-0.25, -0.2) is 4.68 Å². The Morgan fingerprint density at radius 1 is 1.31 bits per heavy atom. The van der Waals surface area contributed by atoms with Crippen LogP contribution in [0, 0.1) is 0 Å². The predicted molar refractivity (Wildman–Crippen MR) is 113 cm³/mol. The fourth-order valence-electron chi connectivity index (χ4n) is 3.65. The molecule has 1 fully saturated rings. The zero-order valence-electron chi connectivity index (χ0n) is 16.8. The third kappa shape index (κ3) is 5.50. The number of hydrogen-bond acceptors (Lipinski definition) is 5. The monoisotopic (exact) mass is 420 g/mol. The summed E-state index contributed by atoms with van der Waals surface area (Å²) < 4.78 is 7.18. The van der Waals surface area contributed by atoms with Crippen molar-refractivity contribution >= 4 is 17.5 Å². The standard InChI is InChI=1S/C21H29ClN4O3/c1-26-19(29-11-10-23)13-18(25-26)15-6-7-17(22)16(12-15)20(27)24-14-21(28)8-4-2-3-5-9-21/h6-7,12-13,28H,2-5,8-11,14,23H2,1H3,(H,24,27). The quantitative estimate of drug-likeness (QED) is 0.597. The number of aromatic nitrogens is 2. The van der Waals surface area contributed by atoms with E-state index in [1.54, 1.807) is 29.9 Å². The minimum absolute atomic E-state index is 0.229. The summed E-state index contributed by atoms with van der Waals surface area (Å²) in [5.74, 6) is 0.298. The van der Waals surface area contributed by atoms with Crippen LogP contribution in [0.3, 0.4) is 0 Å². The molecule has 2 aromatic rings. The highest BCUT2D eigenvalue weighted by atomic mass is 35.5. The van der Waals surface area contributed by atoms with Gasteiger partial charge in [-0.05, 0) is 25.0 Å². The van der Waals surface area contributed by atoms with Crippen LogP contribution in [0.1, 0.15) is 48.9 Å². The maximum atomic E-state index is 12.8. The Bertz CT molecular complexity index is 844. The van der Waals surface area contributed by atoms with E-state index in [-0.39, 0.29) is 12.5 Å². The van der Waals surface area contributed by atoms with Gasteiger partial charge in [0.05, 0.1) is 21.9 Å². The highest BCUT2D eigenvalue weighted by Gasteiger charge is 2.28. The number of carbonyl (C=O) groups excluding carboxylic acids is 1. The molecule has 0 aliphatic heterocycles. The summed E-state index contributed by atoms with van der Waals surface area (Å²) in [5.41, 5.74) is 6.43. The molecule has 7 nitrogen and oxygen atoms in total. The molecule has 1 saturated carbocycles. The molecule has 1 amide bonds. The first-order chi connectivity index (χ1) is 13.9. The minimum Gasteiger partial charge on any atom is -0.476 e. The normalized spacial score (nSPS) is 16.3. The van der Waals surface area contributed by atoms with Crippen LogP contribution >= 0.6 is 11.6 Å². The topological polar surface area (TPSA) is 102 Å². The molecule has 3 rings (SSSR count). The lowest BCUT2D eigenvalue weighted by atomic mass is 9.94. The van der Waals surface area contributed by atoms with Gasteiger partial charge in [0.25, 0.3) is 5.91 Å². The number of nitrogens with one attached hydrogen (secondary N) is 1. The third-order valence-electron chi connectivity index (χ3n) is 5.32. The highest BCUT2D eigenvalue weighted by Crippen LogP contribution is 2.28. The maximum Gasteiger partial charge on any atom is 0.252 e. The van der Waals surface area contributed by atoms with Gasteiger partial charge in [0.2, 0.25) is 5.88 Å². The summed E-state index contributed by atoms with van der Waals surface area (Å²) in [6.07, 6.45) is 5.64. The number of carbonyl (C=O) groups is 1. The molecule has 158 valence electrons. The van der Waals surface area contributed by atoms with E-state index in [4.69, 9.17) is 22.1 Å². The summed E-state index contributed by atoms with van der Waals surface area (Å²) in [5, 5.41) is 18.4. The van der Waals surface area contributed by atoms with Gasteiger partial charge >= 0.3 is 0 Å². The van der Waals surface area contributed by atoms with Crippen LogP contribution in [0.15, 0.2) is 24.3 Å². The van der Waals surface area contributed by atoms with Crippen molar-refractivity contribution in [3.8, 4) is 17.1 Å². The molecule has 1 heterocycles. The third-order valence-corrected chi connectivity index (χ3v) is 5.65. The van der Waals surface area contributed by atoms with Crippen LogP contribution in [-0.4, -0.2) is 46.1 Å². The van der Waals surface area contributed by atoms with Crippen LogP contribution in [-0.2, 0) is 7.05 Å². The van der Waals surface area contributed by atoms with E-state index in [0.717, 1.165) is 31.2 Å². The number of nitrogens with two attached hydrogens (primary N) is 1. The summed E-state index contributed by atoms with van der Waals surface area (Å²) in [7, 11) is 1.78. The minimum atomic E-state index is -0.841. The van der Waals surface area contributed by atoms with Crippen molar-refractivity contribution in [3.05, 3.63) is 34.9 Å². The van der Waals surface area contributed by atoms with Gasteiger partial charge in [-0.15, -0.1) is 0 Å². The first-order valence-corrected chi connectivity index (χ1v) is 10.5. The van der Waals surface area contributed by atoms with Crippen molar-refractivity contribution in [1.82, 2.24) is 15.1 Å². The molecule has 0 unspecified atom stereocenters. The molecule has 1 aliphatic carbocycles. The molecule has 1 aromatic carbocycles. The van der Waals surface area contributed by atoms with Crippen LogP contribution in [0.25, 0.3) is 11.3 Å². The number of rotatable bonds is 7. The molecule has 0 bridgehead atoms. The SMILES string of the molecule is Cn1nc(-c2ccc(Cl)c(C(=O)NCC3(O)CCCCCC3)c2)cc1OCCN. The molecule has 0 radical (unpaired) electrons. The number of amides is 1. The van der Waals surface area contributed by atoms with Crippen molar-refractivity contribution in [2.24, 2.45) is 12.8 Å². The van der Waals surface area contributed by atoms with E-state index in [1.165, 1.54) is 0 Å². The van der Waals surface area contributed by atoms with Gasteiger partial charge in [-0.2, -0.15) is 5.10 Å². The molecule has 0 saturated heterocycles. The van der Waals surface area contributed by atoms with Crippen LogP contribution in [0.5, 0.6) is 5.88 Å². The van der Waals surface area contributed by atoms with E-state index in [1.807, 2.05) is 6.07 Å². The van der Waals surface area contributed by atoms with Crippen molar-refractivity contribution in [2.75, 3.05) is 19.7 Å². The second kappa shape index (κ2) is 9.61. The Balaban J connectivity index is 1.74. The number of ether oxygens (including phenoxy) is 1. The average molecular weight is 421 g/mol. The summed E-state index contributed by atoms with van der Waals surface area (Å²) >= 11 is 6.28. The Hall–Kier alpha value is -2.09. The van der Waals surface area contributed by atoms with Crippen molar-refractivity contribution in [1.29, 1.82) is 0 Å². The second-order valence-corrected chi connectivity index (χ2v) is 8.05. The molecule has 0 atom stereocenters. The second-order valence-electron chi connectivity index (χ2n) is 7.64. The number of aliphatic hydroxyl groups is 1. The lowest BCUT2D eigenvalue weighted by molar-refractivity contribution is 0.0246. The highest BCUT2D eigenvalue weighted by molar-refractivity contribution is 6.34. The van der Waals surface area contributed by atoms with E-state index >= 15 is 0 Å². The number of halogens is 1. The molecule has 4 N–H and O–H groups in total. The molecule has 8 heteroatoms. The zero-order chi connectivity index (χ0) is 20.9. The zero-order valence-corrected chi connectivity index (χ0v) is 17.5. The fourth-order valence-corrected chi connectivity index (χ4v) is 3.86. The van der Waals surface area contributed by atoms with E-state index < -0.39 is 5.60 Å². The van der Waals surface area contributed by atoms with Gasteiger partial charge < -0.3 is 20.9 Å². The van der Waals surface area contributed by atoms with Gasteiger partial charge in [0.15, 0.2) is 0 Å². The van der Waals surface area contributed by atoms with Gasteiger partial charge in [-0.3, -0.25) is 4.79 Å². The van der Waals surface area contributed by atoms with Crippen LogP contribution in [0.4, 0.5) is 0 Å². The first kappa shape index (κ1) is 21.6. The number of hydrogen-bond donors (Lipinski definition) is 3. The van der Waals surface area contributed by atoms with Crippen LogP contribution < -0.4 is 15.8 Å². The Kier molecular flexibility index (Phi) is 7.16. The molecular formula is C21H29ClN4O3. The lowest BCUT2D eigenvalue weighted by Gasteiger charge is -2.26. The number of aryl methyl sites for hydroxylation is 1. The first-order valence-electron chi connectivity index (χ1n) is 10.1. The van der Waals surface area contributed by atoms with Crippen molar-refractivity contribution in [2.45, 2.75) is 44.1 Å². The predicted octanol–water partition coefficient (Wildman–Crippen LogP) is 2.89. The summed E-state index contributed by atoms with van der Waals surface area (Å²) in [6, 6.07) is 7.01. The van der Waals surface area contributed by atoms with E-state index in [0.29, 0.717) is 48.2 Å². The van der Waals surface area contributed by atoms with Gasteiger partial charge in [-0.1, -0.05) is 43.4 Å². The number of benzene rings is 1. The fraction of sp³-hybridized carbons (Fsp3) is 0.524. The smallest absolute Gasteiger partial charge is 0.252 e. The molecule has 1 aliphatic rings. The average Bonchev–Trinajstić information content (AvgIpc) is 2.93. The van der Waals surface area contributed by atoms with Crippen molar-refractivity contribution < 1.29 is 14.6 Å². The Morgan fingerprint density at radius 3 is 2.72 bits per heavy atom. The lowest BCUT2D eigenvalue weighted by Crippen LogP contribution is -2.42. The van der Waals surface area contributed by atoms with E-state index in [2.05, 4.69) is 10.4 Å². The van der Waals surface area contributed by atoms with Crippen LogP contribution in [0.2, 0.25) is 5.02 Å². The van der Waals surface area contributed by atoms with Gasteiger partial charge in [0, 0.05) is 31.8 Å². The Morgan fingerprint density at radius 2 is 2.03 bits per heavy atom. The van der Waals surface area contributed by atoms with E-state index in [9.17, 15) is 9.90 Å². The summed E-state index contributed by atoms with van der Waals surface area (Å²) in [6.45, 7) is 1.04. The largest absolute Gasteiger partial charge is 0.476 e. The molecule has 0 spiro atoms. The van der Waals surface area contributed by atoms with Gasteiger partial charge in [0.1, 0.15) is 6.61 Å². The summed E-state index contributed by atoms with van der Waals surface area (Å²) in [4.78, 5) is 12.8. The number of nitrogens with zero attached hydrogens (tertiary/aromatic N) is 2. The molecule has 1 aromatic heterocycles. The van der Waals surface area contributed by atoms with Crippen molar-refractivity contribution in [3.63, 3.8) is 0 Å². The molecular weight excluding hydrogens is 392 g/mol. The Labute approximate surface area is 176 Å². The maximum absolute atomic E-state index is 12.8.